The lowest BCUT2D eigenvalue weighted by Crippen LogP contribution is -2.27. The molecule has 1 unspecified atom stereocenters. The molecule has 0 N–H and O–H groups in total. The fraction of sp³-hybridized carbons (Fsp3) is 0.417. The highest BCUT2D eigenvalue weighted by Crippen LogP contribution is 2.37. The Hall–Kier alpha value is -1.63. The summed E-state index contributed by atoms with van der Waals surface area (Å²) in [6.07, 6.45) is -1.52. The van der Waals surface area contributed by atoms with Crippen LogP contribution in [0.25, 0.3) is 0 Å². The first kappa shape index (κ1) is 13.4. The van der Waals surface area contributed by atoms with E-state index < -0.39 is 11.7 Å². The molecule has 1 saturated carbocycles. The number of carbonyl (C=O) groups excluding carboxylic acids is 1. The summed E-state index contributed by atoms with van der Waals surface area (Å²) in [5.74, 6) is -0.589. The first-order valence-electron chi connectivity index (χ1n) is 6.02. The van der Waals surface area contributed by atoms with E-state index in [1.165, 1.54) is 0 Å². The van der Waals surface area contributed by atoms with E-state index in [1.807, 2.05) is 0 Å². The molecule has 1 atom stereocenters. The third-order valence-electron chi connectivity index (χ3n) is 3.41. The molecular formula is C12H9ClF3N3O. The number of nitrogens with zero attached hydrogens (tertiary/aromatic N) is 3. The Morgan fingerprint density at radius 3 is 2.75 bits per heavy atom. The molecule has 0 saturated heterocycles. The van der Waals surface area contributed by atoms with Crippen molar-refractivity contribution in [3.05, 3.63) is 22.8 Å². The lowest BCUT2D eigenvalue weighted by molar-refractivity contribution is -0.137. The van der Waals surface area contributed by atoms with Crippen LogP contribution < -0.4 is 5.01 Å². The van der Waals surface area contributed by atoms with Crippen molar-refractivity contribution in [3.8, 4) is 0 Å². The maximum Gasteiger partial charge on any atom is 0.417 e. The van der Waals surface area contributed by atoms with Gasteiger partial charge in [-0.25, -0.2) is 4.98 Å². The zero-order chi connectivity index (χ0) is 14.5. The molecule has 1 aliphatic heterocycles. The summed E-state index contributed by atoms with van der Waals surface area (Å²) in [5.41, 5.74) is -0.196. The minimum Gasteiger partial charge on any atom is -0.272 e. The molecule has 0 bridgehead atoms. The summed E-state index contributed by atoms with van der Waals surface area (Å²) in [6, 6.07) is 0.755. The number of rotatable bonds is 1. The fourth-order valence-electron chi connectivity index (χ4n) is 2.43. The van der Waals surface area contributed by atoms with Crippen molar-refractivity contribution in [1.29, 1.82) is 0 Å². The summed E-state index contributed by atoms with van der Waals surface area (Å²) >= 11 is 5.81. The number of hydrogen-bond acceptors (Lipinski definition) is 3. The Morgan fingerprint density at radius 2 is 2.15 bits per heavy atom. The molecule has 0 radical (unpaired) electrons. The van der Waals surface area contributed by atoms with Gasteiger partial charge in [0.2, 0.25) is 0 Å². The van der Waals surface area contributed by atoms with Gasteiger partial charge in [-0.05, 0) is 25.3 Å². The number of fused-ring (bicyclic) bond motifs is 1. The van der Waals surface area contributed by atoms with Gasteiger partial charge in [-0.15, -0.1) is 0 Å². The molecule has 106 valence electrons. The second-order valence-electron chi connectivity index (χ2n) is 4.71. The van der Waals surface area contributed by atoms with Crippen LogP contribution in [0.1, 0.15) is 24.8 Å². The molecule has 0 spiro atoms. The Bertz CT molecular complexity index is 614. The van der Waals surface area contributed by atoms with E-state index >= 15 is 0 Å². The third-order valence-corrected chi connectivity index (χ3v) is 3.69. The van der Waals surface area contributed by atoms with E-state index in [4.69, 9.17) is 11.6 Å². The van der Waals surface area contributed by atoms with Crippen molar-refractivity contribution in [1.82, 2.24) is 4.98 Å². The number of alkyl halides is 3. The first-order valence-corrected chi connectivity index (χ1v) is 6.40. The molecule has 4 nitrogen and oxygen atoms in total. The Labute approximate surface area is 117 Å². The van der Waals surface area contributed by atoms with Gasteiger partial charge in [-0.3, -0.25) is 4.79 Å². The van der Waals surface area contributed by atoms with Crippen LogP contribution in [0, 0.1) is 5.92 Å². The van der Waals surface area contributed by atoms with E-state index in [9.17, 15) is 18.0 Å². The van der Waals surface area contributed by atoms with Gasteiger partial charge in [0.25, 0.3) is 5.91 Å². The highest BCUT2D eigenvalue weighted by atomic mass is 35.5. The fourth-order valence-corrected chi connectivity index (χ4v) is 2.68. The van der Waals surface area contributed by atoms with Crippen LogP contribution in [-0.4, -0.2) is 16.6 Å². The van der Waals surface area contributed by atoms with Crippen molar-refractivity contribution >= 4 is 29.0 Å². The monoisotopic (exact) mass is 303 g/mol. The van der Waals surface area contributed by atoms with Crippen molar-refractivity contribution in [3.63, 3.8) is 0 Å². The smallest absolute Gasteiger partial charge is 0.272 e. The van der Waals surface area contributed by atoms with E-state index in [-0.39, 0.29) is 22.7 Å². The van der Waals surface area contributed by atoms with Gasteiger partial charge in [0.15, 0.2) is 5.82 Å². The molecule has 1 aliphatic carbocycles. The van der Waals surface area contributed by atoms with Crippen LogP contribution in [0.4, 0.5) is 19.0 Å². The van der Waals surface area contributed by atoms with Gasteiger partial charge in [0.1, 0.15) is 0 Å². The third kappa shape index (κ3) is 2.06. The molecule has 20 heavy (non-hydrogen) atoms. The lowest BCUT2D eigenvalue weighted by Gasteiger charge is -2.15. The van der Waals surface area contributed by atoms with E-state index in [0.29, 0.717) is 12.6 Å². The van der Waals surface area contributed by atoms with Gasteiger partial charge in [-0.1, -0.05) is 11.6 Å². The van der Waals surface area contributed by atoms with Crippen molar-refractivity contribution < 1.29 is 18.0 Å². The highest BCUT2D eigenvalue weighted by molar-refractivity contribution is 6.34. The van der Waals surface area contributed by atoms with Gasteiger partial charge in [0, 0.05) is 6.20 Å². The molecule has 8 heteroatoms. The summed E-state index contributed by atoms with van der Waals surface area (Å²) < 4.78 is 37.6. The number of carbonyl (C=O) groups is 1. The first-order chi connectivity index (χ1) is 9.38. The van der Waals surface area contributed by atoms with Gasteiger partial charge in [-0.2, -0.15) is 23.3 Å². The van der Waals surface area contributed by atoms with Crippen LogP contribution in [0.3, 0.4) is 0 Å². The Balaban J connectivity index is 1.96. The second kappa shape index (κ2) is 4.44. The van der Waals surface area contributed by atoms with Crippen LogP contribution in [0.5, 0.6) is 0 Å². The normalized spacial score (nSPS) is 22.2. The SMILES string of the molecule is O=C1C2CCCC2=NN1c1ncc(C(F)(F)F)cc1Cl. The van der Waals surface area contributed by atoms with Gasteiger partial charge < -0.3 is 0 Å². The molecule has 1 aromatic heterocycles. The van der Waals surface area contributed by atoms with Crippen LogP contribution in [0.2, 0.25) is 5.02 Å². The summed E-state index contributed by atoms with van der Waals surface area (Å²) in [5, 5.41) is 4.90. The number of anilines is 1. The summed E-state index contributed by atoms with van der Waals surface area (Å²) in [4.78, 5) is 15.8. The molecule has 2 aliphatic rings. The van der Waals surface area contributed by atoms with Crippen molar-refractivity contribution in [2.45, 2.75) is 25.4 Å². The predicted molar refractivity (Wildman–Crippen MR) is 66.5 cm³/mol. The minimum absolute atomic E-state index is 0.0495. The standard InChI is InChI=1S/C12H9ClF3N3O/c13-8-4-6(12(14,15)16)5-17-10(8)19-11(20)7-2-1-3-9(7)18-19/h4-5,7H,1-3H2. The van der Waals surface area contributed by atoms with E-state index in [2.05, 4.69) is 10.1 Å². The highest BCUT2D eigenvalue weighted by Gasteiger charge is 2.41. The molecule has 3 rings (SSSR count). The molecule has 1 amide bonds. The topological polar surface area (TPSA) is 45.6 Å². The van der Waals surface area contributed by atoms with Crippen LogP contribution in [-0.2, 0) is 11.0 Å². The van der Waals surface area contributed by atoms with E-state index in [1.54, 1.807) is 0 Å². The molecule has 2 heterocycles. The van der Waals surface area contributed by atoms with Crippen molar-refractivity contribution in [2.75, 3.05) is 5.01 Å². The zero-order valence-electron chi connectivity index (χ0n) is 10.1. The van der Waals surface area contributed by atoms with Crippen LogP contribution in [0.15, 0.2) is 17.4 Å². The van der Waals surface area contributed by atoms with Gasteiger partial charge >= 0.3 is 6.18 Å². The average Bonchev–Trinajstić information content (AvgIpc) is 2.92. The summed E-state index contributed by atoms with van der Waals surface area (Å²) in [6.45, 7) is 0. The molecule has 1 fully saturated rings. The number of aromatic nitrogens is 1. The Kier molecular flexibility index (Phi) is 2.97. The maximum atomic E-state index is 12.5. The predicted octanol–water partition coefficient (Wildman–Crippen LogP) is 3.26. The largest absolute Gasteiger partial charge is 0.417 e. The number of pyridine rings is 1. The summed E-state index contributed by atoms with van der Waals surface area (Å²) in [7, 11) is 0. The molecule has 0 aromatic carbocycles. The second-order valence-corrected chi connectivity index (χ2v) is 5.12. The number of amides is 1. The average molecular weight is 304 g/mol. The molecule has 1 aromatic rings. The van der Waals surface area contributed by atoms with E-state index in [0.717, 1.165) is 29.6 Å². The Morgan fingerprint density at radius 1 is 1.40 bits per heavy atom. The lowest BCUT2D eigenvalue weighted by atomic mass is 10.1. The number of halogens is 4. The van der Waals surface area contributed by atoms with Crippen molar-refractivity contribution in [2.24, 2.45) is 11.0 Å². The van der Waals surface area contributed by atoms with Gasteiger partial charge in [0.05, 0.1) is 22.2 Å². The quantitative estimate of drug-likeness (QED) is 0.799. The van der Waals surface area contributed by atoms with Crippen LogP contribution >= 0.6 is 11.6 Å². The maximum absolute atomic E-state index is 12.5. The number of hydrogen-bond donors (Lipinski definition) is 0. The molecular weight excluding hydrogens is 295 g/mol. The zero-order valence-corrected chi connectivity index (χ0v) is 10.9. The number of hydrazone groups is 1. The minimum atomic E-state index is -4.52.